The summed E-state index contributed by atoms with van der Waals surface area (Å²) in [6.07, 6.45) is 2.28. The fourth-order valence-electron chi connectivity index (χ4n) is 4.14. The first kappa shape index (κ1) is 24.3. The van der Waals surface area contributed by atoms with E-state index in [0.717, 1.165) is 16.7 Å². The Morgan fingerprint density at radius 3 is 2.25 bits per heavy atom. The van der Waals surface area contributed by atoms with E-state index in [9.17, 15) is 13.2 Å². The van der Waals surface area contributed by atoms with Gasteiger partial charge in [-0.1, -0.05) is 48.0 Å². The first-order valence-electron chi connectivity index (χ1n) is 11.5. The largest absolute Gasteiger partial charge is 0.466 e. The number of benzene rings is 2. The number of hydrogen-bond acceptors (Lipinski definition) is 7. The molecule has 0 unspecified atom stereocenters. The number of esters is 1. The summed E-state index contributed by atoms with van der Waals surface area (Å²) in [5.41, 5.74) is 4.38. The molecule has 1 aliphatic carbocycles. The molecule has 0 saturated heterocycles. The Bertz CT molecular complexity index is 1530. The van der Waals surface area contributed by atoms with Crippen LogP contribution in [0.4, 0.5) is 0 Å². The Labute approximate surface area is 213 Å². The van der Waals surface area contributed by atoms with Crippen LogP contribution in [0, 0.1) is 5.92 Å². The van der Waals surface area contributed by atoms with Crippen molar-refractivity contribution in [3.8, 4) is 28.4 Å². The lowest BCUT2D eigenvalue weighted by molar-refractivity contribution is -0.154. The fraction of sp³-hybridized carbons (Fsp3) is 0.269. The van der Waals surface area contributed by atoms with E-state index < -0.39 is 9.84 Å². The third kappa shape index (κ3) is 4.94. The van der Waals surface area contributed by atoms with Gasteiger partial charge in [-0.25, -0.2) is 13.4 Å². The summed E-state index contributed by atoms with van der Waals surface area (Å²) < 4.78 is 34.3. The minimum Gasteiger partial charge on any atom is -0.466 e. The highest BCUT2D eigenvalue weighted by molar-refractivity contribution is 7.90. The highest BCUT2D eigenvalue weighted by atomic mass is 35.5. The highest BCUT2D eigenvalue weighted by Gasteiger charge is 2.37. The van der Waals surface area contributed by atoms with Crippen molar-refractivity contribution in [2.45, 2.75) is 30.8 Å². The summed E-state index contributed by atoms with van der Waals surface area (Å²) in [4.78, 5) is 24.2. The standard InChI is InChI=1S/C26H24ClN3O5S/c1-3-34-25(31)18-12-19(13-18)35-26-28-22-14-21(27)23(29-24(22)30-26)17-6-4-15(5-7-17)16-8-10-20(11-9-16)36(2,32)33/h4-11,14,18-19H,3,12-13H2,1-2H3,(H,28,29,30). The lowest BCUT2D eigenvalue weighted by Gasteiger charge is -2.32. The first-order chi connectivity index (χ1) is 17.2. The Kier molecular flexibility index (Phi) is 6.44. The SMILES string of the molecule is CCOC(=O)C1CC(Oc2nc3nc(-c4ccc(-c5ccc(S(C)(=O)=O)cc5)cc4)c(Cl)cc3[nH]2)C1. The van der Waals surface area contributed by atoms with Gasteiger partial charge in [0.25, 0.3) is 6.01 Å². The van der Waals surface area contributed by atoms with E-state index in [1.807, 2.05) is 24.3 Å². The van der Waals surface area contributed by atoms with Crippen molar-refractivity contribution in [1.29, 1.82) is 0 Å². The molecule has 186 valence electrons. The van der Waals surface area contributed by atoms with Crippen LogP contribution in [-0.2, 0) is 19.4 Å². The van der Waals surface area contributed by atoms with Gasteiger partial charge in [0.15, 0.2) is 15.5 Å². The molecule has 2 aromatic heterocycles. The molecular weight excluding hydrogens is 502 g/mol. The Balaban J connectivity index is 1.31. The van der Waals surface area contributed by atoms with Gasteiger partial charge in [-0.05, 0) is 49.1 Å². The molecule has 5 rings (SSSR count). The van der Waals surface area contributed by atoms with Crippen molar-refractivity contribution in [2.24, 2.45) is 5.92 Å². The Morgan fingerprint density at radius 2 is 1.64 bits per heavy atom. The summed E-state index contributed by atoms with van der Waals surface area (Å²) >= 11 is 6.53. The van der Waals surface area contributed by atoms with E-state index in [1.165, 1.54) is 6.26 Å². The molecular formula is C26H24ClN3O5S. The number of rotatable bonds is 7. The number of fused-ring (bicyclic) bond motifs is 1. The van der Waals surface area contributed by atoms with Crippen molar-refractivity contribution >= 4 is 38.6 Å². The lowest BCUT2D eigenvalue weighted by Crippen LogP contribution is -2.39. The molecule has 0 aliphatic heterocycles. The summed E-state index contributed by atoms with van der Waals surface area (Å²) in [6, 6.07) is 16.6. The van der Waals surface area contributed by atoms with E-state index in [0.29, 0.717) is 47.3 Å². The average molecular weight is 526 g/mol. The number of H-pyrrole nitrogens is 1. The molecule has 10 heteroatoms. The molecule has 0 atom stereocenters. The third-order valence-electron chi connectivity index (χ3n) is 6.17. The van der Waals surface area contributed by atoms with E-state index >= 15 is 0 Å². The minimum atomic E-state index is -3.24. The maximum absolute atomic E-state index is 11.8. The van der Waals surface area contributed by atoms with Crippen molar-refractivity contribution in [3.05, 3.63) is 59.6 Å². The smallest absolute Gasteiger partial charge is 0.309 e. The van der Waals surface area contributed by atoms with Gasteiger partial charge in [-0.2, -0.15) is 4.98 Å². The van der Waals surface area contributed by atoms with Crippen LogP contribution in [0.15, 0.2) is 59.5 Å². The van der Waals surface area contributed by atoms with Crippen LogP contribution in [-0.4, -0.2) is 48.3 Å². The minimum absolute atomic E-state index is 0.103. The number of aromatic nitrogens is 3. The number of halogens is 1. The number of nitrogens with one attached hydrogen (secondary N) is 1. The number of aromatic amines is 1. The molecule has 1 fully saturated rings. The molecule has 8 nitrogen and oxygen atoms in total. The van der Waals surface area contributed by atoms with Crippen molar-refractivity contribution in [2.75, 3.05) is 12.9 Å². The van der Waals surface area contributed by atoms with Crippen LogP contribution >= 0.6 is 11.6 Å². The number of carbonyl (C=O) groups excluding carboxylic acids is 1. The van der Waals surface area contributed by atoms with E-state index in [4.69, 9.17) is 21.1 Å². The number of imidazole rings is 1. The molecule has 1 aliphatic rings. The van der Waals surface area contributed by atoms with Gasteiger partial charge in [0.1, 0.15) is 6.10 Å². The molecule has 4 aromatic rings. The van der Waals surface area contributed by atoms with Crippen LogP contribution < -0.4 is 4.74 Å². The second kappa shape index (κ2) is 9.55. The Hall–Kier alpha value is -3.43. The van der Waals surface area contributed by atoms with E-state index in [1.54, 1.807) is 37.3 Å². The number of hydrogen-bond donors (Lipinski definition) is 1. The lowest BCUT2D eigenvalue weighted by atomic mass is 9.82. The summed E-state index contributed by atoms with van der Waals surface area (Å²) in [7, 11) is -3.24. The predicted molar refractivity (Wildman–Crippen MR) is 137 cm³/mol. The molecule has 36 heavy (non-hydrogen) atoms. The summed E-state index contributed by atoms with van der Waals surface area (Å²) in [5, 5.41) is 0.467. The van der Waals surface area contributed by atoms with Crippen LogP contribution in [0.25, 0.3) is 33.5 Å². The number of ether oxygens (including phenoxy) is 2. The summed E-state index contributed by atoms with van der Waals surface area (Å²) in [6.45, 7) is 2.17. The fourth-order valence-corrected chi connectivity index (χ4v) is 5.03. The average Bonchev–Trinajstić information content (AvgIpc) is 3.21. The molecule has 1 saturated carbocycles. The maximum Gasteiger partial charge on any atom is 0.309 e. The van der Waals surface area contributed by atoms with Gasteiger partial charge >= 0.3 is 5.97 Å². The predicted octanol–water partition coefficient (Wildman–Crippen LogP) is 5.07. The zero-order chi connectivity index (χ0) is 25.4. The molecule has 2 heterocycles. The monoisotopic (exact) mass is 525 g/mol. The number of carbonyl (C=O) groups is 1. The topological polar surface area (TPSA) is 111 Å². The second-order valence-corrected chi connectivity index (χ2v) is 11.2. The Morgan fingerprint density at radius 1 is 1.03 bits per heavy atom. The molecule has 0 amide bonds. The molecule has 1 N–H and O–H groups in total. The summed E-state index contributed by atoms with van der Waals surface area (Å²) in [5.74, 6) is -0.309. The maximum atomic E-state index is 11.8. The molecule has 0 spiro atoms. The number of nitrogens with zero attached hydrogens (tertiary/aromatic N) is 2. The molecule has 2 aromatic carbocycles. The zero-order valence-electron chi connectivity index (χ0n) is 19.7. The third-order valence-corrected chi connectivity index (χ3v) is 7.59. The van der Waals surface area contributed by atoms with Gasteiger partial charge in [-0.15, -0.1) is 0 Å². The van der Waals surface area contributed by atoms with Crippen LogP contribution in [0.3, 0.4) is 0 Å². The quantitative estimate of drug-likeness (QED) is 0.335. The van der Waals surface area contributed by atoms with Gasteiger partial charge in [-0.3, -0.25) is 4.79 Å². The van der Waals surface area contributed by atoms with Crippen LogP contribution in [0.2, 0.25) is 5.02 Å². The zero-order valence-corrected chi connectivity index (χ0v) is 21.3. The second-order valence-electron chi connectivity index (χ2n) is 8.77. The first-order valence-corrected chi connectivity index (χ1v) is 13.8. The van der Waals surface area contributed by atoms with Crippen LogP contribution in [0.1, 0.15) is 19.8 Å². The van der Waals surface area contributed by atoms with Crippen molar-refractivity contribution in [1.82, 2.24) is 15.0 Å². The normalized spacial score (nSPS) is 17.5. The highest BCUT2D eigenvalue weighted by Crippen LogP contribution is 2.34. The van der Waals surface area contributed by atoms with Gasteiger partial charge < -0.3 is 14.5 Å². The number of sulfone groups is 1. The van der Waals surface area contributed by atoms with Gasteiger partial charge in [0.2, 0.25) is 0 Å². The van der Waals surface area contributed by atoms with Crippen molar-refractivity contribution in [3.63, 3.8) is 0 Å². The van der Waals surface area contributed by atoms with Gasteiger partial charge in [0.05, 0.1) is 33.7 Å². The van der Waals surface area contributed by atoms with E-state index in [-0.39, 0.29) is 22.9 Å². The molecule has 0 radical (unpaired) electrons. The van der Waals surface area contributed by atoms with E-state index in [2.05, 4.69) is 15.0 Å². The van der Waals surface area contributed by atoms with Crippen LogP contribution in [0.5, 0.6) is 6.01 Å². The van der Waals surface area contributed by atoms with Crippen molar-refractivity contribution < 1.29 is 22.7 Å². The van der Waals surface area contributed by atoms with Gasteiger partial charge in [0, 0.05) is 11.8 Å². The number of pyridine rings is 1. The molecule has 0 bridgehead atoms.